The van der Waals surface area contributed by atoms with Crippen LogP contribution in [0.1, 0.15) is 65.9 Å². The number of hydrogen-bond donors (Lipinski definition) is 3. The van der Waals surface area contributed by atoms with Crippen molar-refractivity contribution < 1.29 is 10.2 Å². The predicted octanol–water partition coefficient (Wildman–Crippen LogP) is 4.86. The van der Waals surface area contributed by atoms with Crippen molar-refractivity contribution in [2.45, 2.75) is 60.0 Å². The summed E-state index contributed by atoms with van der Waals surface area (Å²) in [6.07, 6.45) is 11.6. The molecule has 0 unspecified atom stereocenters. The minimum absolute atomic E-state index is 0.368. The molecule has 4 heteroatoms. The fraction of sp³-hybridized carbons (Fsp3) is 0.500. The predicted molar refractivity (Wildman–Crippen MR) is 93.6 cm³/mol. The van der Waals surface area contributed by atoms with Gasteiger partial charge in [-0.15, -0.1) is 0 Å². The van der Waals surface area contributed by atoms with Crippen molar-refractivity contribution in [3.63, 3.8) is 0 Å². The van der Waals surface area contributed by atoms with Crippen LogP contribution in [0.15, 0.2) is 35.8 Å². The highest BCUT2D eigenvalue weighted by molar-refractivity contribution is 5.43. The second-order valence-electron chi connectivity index (χ2n) is 5.58. The lowest BCUT2D eigenvalue weighted by molar-refractivity contribution is 0.0696. The van der Waals surface area contributed by atoms with Gasteiger partial charge in [-0.05, 0) is 58.8 Å². The molecule has 1 rings (SSSR count). The monoisotopic (exact) mass is 306 g/mol. The van der Waals surface area contributed by atoms with Crippen molar-refractivity contribution in [3.05, 3.63) is 47.3 Å². The smallest absolute Gasteiger partial charge is 0.138 e. The molecule has 3 N–H and O–H groups in total. The maximum Gasteiger partial charge on any atom is 0.138 e. The largest absolute Gasteiger partial charge is 0.508 e. The van der Waals surface area contributed by atoms with Crippen LogP contribution in [0.2, 0.25) is 0 Å². The molecule has 0 saturated heterocycles. The van der Waals surface area contributed by atoms with Crippen LogP contribution in [0.5, 0.6) is 0 Å². The Balaban J connectivity index is 0.000000472. The number of nitrogens with one attached hydrogen (secondary N) is 1. The molecular weight excluding hydrogens is 276 g/mol. The molecule has 0 atom stereocenters. The van der Waals surface area contributed by atoms with Crippen LogP contribution in [-0.2, 0) is 5.60 Å². The molecule has 0 spiro atoms. The second-order valence-corrected chi connectivity index (χ2v) is 5.58. The first-order chi connectivity index (χ1) is 10.3. The Hall–Kier alpha value is -1.81. The zero-order chi connectivity index (χ0) is 17.2. The SMILES string of the molecule is C/C=C(C)/C(O)=C\C.CCC/C=C/c1cnc(C(C)(C)O)[nH]1. The lowest BCUT2D eigenvalue weighted by Crippen LogP contribution is -2.17. The third-order valence-electron chi connectivity index (χ3n) is 3.04. The van der Waals surface area contributed by atoms with E-state index in [2.05, 4.69) is 23.0 Å². The van der Waals surface area contributed by atoms with Gasteiger partial charge in [0.1, 0.15) is 17.2 Å². The Morgan fingerprint density at radius 2 is 1.95 bits per heavy atom. The van der Waals surface area contributed by atoms with E-state index in [1.165, 1.54) is 0 Å². The van der Waals surface area contributed by atoms with Crippen molar-refractivity contribution in [2.24, 2.45) is 0 Å². The first-order valence-corrected chi connectivity index (χ1v) is 7.69. The number of rotatable bonds is 5. The molecule has 0 saturated carbocycles. The summed E-state index contributed by atoms with van der Waals surface area (Å²) in [7, 11) is 0. The minimum atomic E-state index is -0.892. The molecular formula is C18H30N2O2. The van der Waals surface area contributed by atoms with Gasteiger partial charge in [-0.25, -0.2) is 4.98 Å². The molecule has 1 aromatic heterocycles. The van der Waals surface area contributed by atoms with E-state index in [-0.39, 0.29) is 0 Å². The van der Waals surface area contributed by atoms with E-state index in [9.17, 15) is 5.11 Å². The van der Waals surface area contributed by atoms with Crippen LogP contribution in [0.25, 0.3) is 6.08 Å². The maximum absolute atomic E-state index is 9.66. The van der Waals surface area contributed by atoms with Gasteiger partial charge < -0.3 is 15.2 Å². The highest BCUT2D eigenvalue weighted by Gasteiger charge is 2.18. The molecule has 0 amide bonds. The number of imidazole rings is 1. The zero-order valence-electron chi connectivity index (χ0n) is 14.6. The molecule has 0 aliphatic carbocycles. The third kappa shape index (κ3) is 7.84. The van der Waals surface area contributed by atoms with Crippen molar-refractivity contribution in [1.82, 2.24) is 9.97 Å². The molecule has 0 radical (unpaired) electrons. The van der Waals surface area contributed by atoms with Crippen LogP contribution in [-0.4, -0.2) is 20.2 Å². The molecule has 0 aliphatic heterocycles. The first kappa shape index (κ1) is 20.2. The van der Waals surface area contributed by atoms with E-state index < -0.39 is 5.60 Å². The number of nitrogens with zero attached hydrogens (tertiary/aromatic N) is 1. The van der Waals surface area contributed by atoms with Gasteiger partial charge in [0.25, 0.3) is 0 Å². The van der Waals surface area contributed by atoms with Crippen molar-refractivity contribution in [2.75, 3.05) is 0 Å². The summed E-state index contributed by atoms with van der Waals surface area (Å²) in [6, 6.07) is 0. The van der Waals surface area contributed by atoms with E-state index in [1.807, 2.05) is 32.9 Å². The van der Waals surface area contributed by atoms with Crippen LogP contribution < -0.4 is 0 Å². The third-order valence-corrected chi connectivity index (χ3v) is 3.04. The topological polar surface area (TPSA) is 69.1 Å². The van der Waals surface area contributed by atoms with E-state index in [0.29, 0.717) is 11.6 Å². The molecule has 0 aliphatic rings. The number of H-pyrrole nitrogens is 1. The number of aliphatic hydroxyl groups is 2. The van der Waals surface area contributed by atoms with Gasteiger partial charge in [0.2, 0.25) is 0 Å². The number of hydrogen-bond acceptors (Lipinski definition) is 3. The van der Waals surface area contributed by atoms with Gasteiger partial charge in [0, 0.05) is 0 Å². The standard InChI is InChI=1S/C11H18N2O.C7H12O/c1-4-5-6-7-9-8-12-10(13-9)11(2,3)14;1-4-6(3)7(8)5-2/h6-8,14H,4-5H2,1-3H3,(H,12,13);4-5,8H,1-3H3/b7-6+;6-4+,7-5+. The summed E-state index contributed by atoms with van der Waals surface area (Å²) in [5, 5.41) is 18.6. The minimum Gasteiger partial charge on any atom is -0.508 e. The lowest BCUT2D eigenvalue weighted by atomic mass is 10.1. The summed E-state index contributed by atoms with van der Waals surface area (Å²) < 4.78 is 0. The Labute approximate surface area is 134 Å². The lowest BCUT2D eigenvalue weighted by Gasteiger charge is -2.12. The van der Waals surface area contributed by atoms with Gasteiger partial charge in [-0.2, -0.15) is 0 Å². The van der Waals surface area contributed by atoms with Crippen LogP contribution >= 0.6 is 0 Å². The second kappa shape index (κ2) is 10.0. The number of aromatic amines is 1. The molecule has 124 valence electrons. The Kier molecular flexibility index (Phi) is 9.18. The van der Waals surface area contributed by atoms with E-state index in [1.54, 1.807) is 26.1 Å². The Morgan fingerprint density at radius 3 is 2.32 bits per heavy atom. The van der Waals surface area contributed by atoms with E-state index >= 15 is 0 Å². The highest BCUT2D eigenvalue weighted by atomic mass is 16.3. The average molecular weight is 306 g/mol. The number of aliphatic hydroxyl groups excluding tert-OH is 1. The quantitative estimate of drug-likeness (QED) is 0.537. The number of unbranched alkanes of at least 4 members (excludes halogenated alkanes) is 1. The van der Waals surface area contributed by atoms with Gasteiger partial charge in [-0.3, -0.25) is 0 Å². The van der Waals surface area contributed by atoms with Crippen LogP contribution in [0.4, 0.5) is 0 Å². The van der Waals surface area contributed by atoms with E-state index in [0.717, 1.165) is 24.1 Å². The molecule has 22 heavy (non-hydrogen) atoms. The van der Waals surface area contributed by atoms with Crippen molar-refractivity contribution in [1.29, 1.82) is 0 Å². The maximum atomic E-state index is 9.66. The summed E-state index contributed by atoms with van der Waals surface area (Å²) in [6.45, 7) is 11.1. The zero-order valence-corrected chi connectivity index (χ0v) is 14.6. The highest BCUT2D eigenvalue weighted by Crippen LogP contribution is 2.15. The molecule has 0 fully saturated rings. The Bertz CT molecular complexity index is 501. The van der Waals surface area contributed by atoms with Crippen LogP contribution in [0, 0.1) is 0 Å². The molecule has 1 heterocycles. The summed E-state index contributed by atoms with van der Waals surface area (Å²) in [5.74, 6) is 0.973. The molecule has 0 aromatic carbocycles. The van der Waals surface area contributed by atoms with Gasteiger partial charge in [0.05, 0.1) is 11.9 Å². The first-order valence-electron chi connectivity index (χ1n) is 7.69. The van der Waals surface area contributed by atoms with Gasteiger partial charge in [0.15, 0.2) is 0 Å². The Morgan fingerprint density at radius 1 is 1.32 bits per heavy atom. The van der Waals surface area contributed by atoms with Gasteiger partial charge in [-0.1, -0.05) is 25.5 Å². The summed E-state index contributed by atoms with van der Waals surface area (Å²) in [5.41, 5.74) is 0.972. The molecule has 4 nitrogen and oxygen atoms in total. The van der Waals surface area contributed by atoms with Crippen molar-refractivity contribution >= 4 is 6.08 Å². The van der Waals surface area contributed by atoms with E-state index in [4.69, 9.17) is 5.11 Å². The fourth-order valence-electron chi connectivity index (χ4n) is 1.48. The van der Waals surface area contributed by atoms with Crippen LogP contribution in [0.3, 0.4) is 0 Å². The molecule has 0 bridgehead atoms. The number of aromatic nitrogens is 2. The molecule has 1 aromatic rings. The van der Waals surface area contributed by atoms with Gasteiger partial charge >= 0.3 is 0 Å². The normalized spacial score (nSPS) is 13.2. The fourth-order valence-corrected chi connectivity index (χ4v) is 1.48. The number of allylic oxidation sites excluding steroid dienone is 4. The average Bonchev–Trinajstić information content (AvgIpc) is 2.95. The summed E-state index contributed by atoms with van der Waals surface area (Å²) >= 11 is 0. The summed E-state index contributed by atoms with van der Waals surface area (Å²) in [4.78, 5) is 7.17. The van der Waals surface area contributed by atoms with Crippen molar-refractivity contribution in [3.8, 4) is 0 Å².